The lowest BCUT2D eigenvalue weighted by molar-refractivity contribution is -0.122. The molecule has 0 aliphatic carbocycles. The van der Waals surface area contributed by atoms with Crippen molar-refractivity contribution in [2.45, 2.75) is 30.2 Å². The van der Waals surface area contributed by atoms with Crippen LogP contribution in [0.4, 0.5) is 0 Å². The number of hydrogen-bond donors (Lipinski definition) is 1. The van der Waals surface area contributed by atoms with E-state index in [1.54, 1.807) is 24.3 Å². The van der Waals surface area contributed by atoms with Crippen LogP contribution in [0.2, 0.25) is 0 Å². The van der Waals surface area contributed by atoms with Crippen molar-refractivity contribution >= 4 is 27.0 Å². The zero-order chi connectivity index (χ0) is 24.3. The van der Waals surface area contributed by atoms with Crippen molar-refractivity contribution in [2.75, 3.05) is 45.9 Å². The molecule has 2 aliphatic rings. The first kappa shape index (κ1) is 23.9. The highest BCUT2D eigenvalue weighted by Gasteiger charge is 2.27. The molecule has 2 aromatic carbocycles. The smallest absolute Gasteiger partial charge is 0.243 e. The largest absolute Gasteiger partial charge is 0.440 e. The zero-order valence-electron chi connectivity index (χ0n) is 19.6. The van der Waals surface area contributed by atoms with E-state index in [1.807, 2.05) is 24.3 Å². The molecule has 2 saturated heterocycles. The van der Waals surface area contributed by atoms with Crippen molar-refractivity contribution in [3.8, 4) is 0 Å². The van der Waals surface area contributed by atoms with Crippen LogP contribution in [0, 0.1) is 0 Å². The molecule has 35 heavy (non-hydrogen) atoms. The van der Waals surface area contributed by atoms with Crippen LogP contribution < -0.4 is 5.32 Å². The molecule has 186 valence electrons. The van der Waals surface area contributed by atoms with Gasteiger partial charge in [0.15, 0.2) is 11.5 Å². The number of ether oxygens (including phenoxy) is 1. The summed E-state index contributed by atoms with van der Waals surface area (Å²) in [5.74, 6) is 1.01. The third kappa shape index (κ3) is 5.56. The average molecular weight is 499 g/mol. The Hall–Kier alpha value is -2.79. The van der Waals surface area contributed by atoms with E-state index in [9.17, 15) is 13.2 Å². The van der Waals surface area contributed by atoms with Crippen molar-refractivity contribution in [1.82, 2.24) is 19.5 Å². The molecule has 0 atom stereocenters. The van der Waals surface area contributed by atoms with Gasteiger partial charge in [0.1, 0.15) is 5.52 Å². The highest BCUT2D eigenvalue weighted by atomic mass is 32.2. The number of para-hydroxylation sites is 2. The molecule has 0 spiro atoms. The normalized spacial score (nSPS) is 18.6. The van der Waals surface area contributed by atoms with Crippen LogP contribution in [0.15, 0.2) is 57.8 Å². The maximum atomic E-state index is 12.7. The number of oxazole rings is 1. The van der Waals surface area contributed by atoms with Crippen LogP contribution in [-0.4, -0.2) is 74.5 Å². The number of nitrogens with one attached hydrogen (secondary N) is 1. The van der Waals surface area contributed by atoms with E-state index in [0.29, 0.717) is 39.4 Å². The Morgan fingerprint density at radius 3 is 2.43 bits per heavy atom. The molecule has 3 heterocycles. The maximum Gasteiger partial charge on any atom is 0.243 e. The topological polar surface area (TPSA) is 105 Å². The molecule has 2 aliphatic heterocycles. The van der Waals surface area contributed by atoms with Crippen LogP contribution in [0.25, 0.3) is 11.1 Å². The van der Waals surface area contributed by atoms with Gasteiger partial charge in [-0.1, -0.05) is 24.3 Å². The Labute approximate surface area is 205 Å². The van der Waals surface area contributed by atoms with Gasteiger partial charge in [0.05, 0.1) is 24.7 Å². The molecular weight excluding hydrogens is 468 g/mol. The van der Waals surface area contributed by atoms with Crippen LogP contribution in [-0.2, 0) is 26.1 Å². The van der Waals surface area contributed by atoms with E-state index in [0.717, 1.165) is 48.5 Å². The number of sulfonamides is 1. The second-order valence-electron chi connectivity index (χ2n) is 9.01. The monoisotopic (exact) mass is 498 g/mol. The number of aromatic nitrogens is 1. The number of benzene rings is 2. The van der Waals surface area contributed by atoms with Gasteiger partial charge in [-0.3, -0.25) is 9.69 Å². The summed E-state index contributed by atoms with van der Waals surface area (Å²) < 4.78 is 38.1. The second kappa shape index (κ2) is 10.4. The Kier molecular flexibility index (Phi) is 7.14. The molecule has 2 fully saturated rings. The summed E-state index contributed by atoms with van der Waals surface area (Å²) in [6.45, 7) is 3.88. The Morgan fingerprint density at radius 2 is 1.71 bits per heavy atom. The van der Waals surface area contributed by atoms with Gasteiger partial charge < -0.3 is 14.5 Å². The Morgan fingerprint density at radius 1 is 1.00 bits per heavy atom. The first-order valence-corrected chi connectivity index (χ1v) is 13.4. The van der Waals surface area contributed by atoms with Gasteiger partial charge in [-0.25, -0.2) is 13.4 Å². The minimum absolute atomic E-state index is 0.0460. The number of rotatable bonds is 7. The van der Waals surface area contributed by atoms with Gasteiger partial charge in [0.25, 0.3) is 0 Å². The number of carbonyl (C=O) groups is 1. The number of nitrogens with zero attached hydrogens (tertiary/aromatic N) is 3. The number of fused-ring (bicyclic) bond motifs is 1. The quantitative estimate of drug-likeness (QED) is 0.533. The fraction of sp³-hybridized carbons (Fsp3) is 0.440. The minimum Gasteiger partial charge on any atom is -0.440 e. The average Bonchev–Trinajstić information content (AvgIpc) is 3.33. The summed E-state index contributed by atoms with van der Waals surface area (Å²) in [6, 6.07) is 14.5. The summed E-state index contributed by atoms with van der Waals surface area (Å²) in [4.78, 5) is 19.5. The molecule has 3 aromatic rings. The lowest BCUT2D eigenvalue weighted by Crippen LogP contribution is -2.41. The molecule has 9 nitrogen and oxygen atoms in total. The molecule has 0 unspecified atom stereocenters. The lowest BCUT2D eigenvalue weighted by atomic mass is 9.97. The van der Waals surface area contributed by atoms with Gasteiger partial charge in [-0.2, -0.15) is 4.31 Å². The molecule has 0 saturated carbocycles. The van der Waals surface area contributed by atoms with Crippen LogP contribution in [0.3, 0.4) is 0 Å². The first-order chi connectivity index (χ1) is 17.0. The van der Waals surface area contributed by atoms with Gasteiger partial charge in [-0.05, 0) is 55.8 Å². The zero-order valence-corrected chi connectivity index (χ0v) is 20.4. The predicted octanol–water partition coefficient (Wildman–Crippen LogP) is 2.34. The van der Waals surface area contributed by atoms with Gasteiger partial charge in [-0.15, -0.1) is 0 Å². The van der Waals surface area contributed by atoms with Gasteiger partial charge in [0, 0.05) is 25.6 Å². The summed E-state index contributed by atoms with van der Waals surface area (Å²) in [7, 11) is -3.51. The standard InChI is InChI=1S/C25H30N4O5S/c30-24(18-28-11-9-20(10-12-28)25-27-22-3-1-2-4-23(22)34-25)26-17-19-5-7-21(8-6-19)35(31,32)29-13-15-33-16-14-29/h1-8,20H,9-18H2,(H,26,30). The number of likely N-dealkylation sites (tertiary alicyclic amines) is 1. The summed E-state index contributed by atoms with van der Waals surface area (Å²) in [5, 5.41) is 2.94. The Balaban J connectivity index is 1.08. The molecule has 1 N–H and O–H groups in total. The summed E-state index contributed by atoms with van der Waals surface area (Å²) >= 11 is 0. The molecule has 1 aromatic heterocycles. The van der Waals surface area contributed by atoms with E-state index in [4.69, 9.17) is 9.15 Å². The summed E-state index contributed by atoms with van der Waals surface area (Å²) in [5.41, 5.74) is 2.56. The molecule has 5 rings (SSSR count). The fourth-order valence-electron chi connectivity index (χ4n) is 4.58. The van der Waals surface area contributed by atoms with E-state index in [2.05, 4.69) is 15.2 Å². The third-order valence-corrected chi connectivity index (χ3v) is 8.55. The number of hydrogen-bond acceptors (Lipinski definition) is 7. The van der Waals surface area contributed by atoms with Crippen LogP contribution in [0.1, 0.15) is 30.2 Å². The first-order valence-electron chi connectivity index (χ1n) is 12.0. The molecular formula is C25H30N4O5S. The molecule has 0 radical (unpaired) electrons. The number of piperidine rings is 1. The lowest BCUT2D eigenvalue weighted by Gasteiger charge is -2.29. The highest BCUT2D eigenvalue weighted by Crippen LogP contribution is 2.29. The van der Waals surface area contributed by atoms with Crippen LogP contribution >= 0.6 is 0 Å². The van der Waals surface area contributed by atoms with E-state index < -0.39 is 10.0 Å². The van der Waals surface area contributed by atoms with E-state index >= 15 is 0 Å². The second-order valence-corrected chi connectivity index (χ2v) is 10.9. The van der Waals surface area contributed by atoms with Crippen molar-refractivity contribution in [3.05, 3.63) is 60.0 Å². The number of morpholine rings is 1. The summed E-state index contributed by atoms with van der Waals surface area (Å²) in [6.07, 6.45) is 1.80. The minimum atomic E-state index is -3.51. The predicted molar refractivity (Wildman–Crippen MR) is 130 cm³/mol. The van der Waals surface area contributed by atoms with Crippen molar-refractivity contribution in [3.63, 3.8) is 0 Å². The van der Waals surface area contributed by atoms with Crippen LogP contribution in [0.5, 0.6) is 0 Å². The third-order valence-electron chi connectivity index (χ3n) is 6.64. The van der Waals surface area contributed by atoms with E-state index in [-0.39, 0.29) is 16.7 Å². The van der Waals surface area contributed by atoms with Gasteiger partial charge in [0.2, 0.25) is 15.9 Å². The van der Waals surface area contributed by atoms with Gasteiger partial charge >= 0.3 is 0 Å². The highest BCUT2D eigenvalue weighted by molar-refractivity contribution is 7.89. The van der Waals surface area contributed by atoms with Crippen molar-refractivity contribution < 1.29 is 22.4 Å². The maximum absolute atomic E-state index is 12.7. The fourth-order valence-corrected chi connectivity index (χ4v) is 5.99. The number of carbonyl (C=O) groups excluding carboxylic acids is 1. The van der Waals surface area contributed by atoms with Crippen molar-refractivity contribution in [1.29, 1.82) is 0 Å². The SMILES string of the molecule is O=C(CN1CCC(c2nc3ccccc3o2)CC1)NCc1ccc(S(=O)(=O)N2CCOCC2)cc1. The molecule has 0 bridgehead atoms. The van der Waals surface area contributed by atoms with Crippen molar-refractivity contribution in [2.24, 2.45) is 0 Å². The van der Waals surface area contributed by atoms with E-state index in [1.165, 1.54) is 4.31 Å². The Bertz CT molecular complexity index is 1230. The molecule has 1 amide bonds. The molecule has 10 heteroatoms. The number of amides is 1.